The van der Waals surface area contributed by atoms with Crippen LogP contribution >= 0.6 is 35.0 Å². The van der Waals surface area contributed by atoms with Crippen LogP contribution in [0.5, 0.6) is 0 Å². The first kappa shape index (κ1) is 18.8. The smallest absolute Gasteiger partial charge is 0.277 e. The van der Waals surface area contributed by atoms with Gasteiger partial charge < -0.3 is 9.73 Å². The Hall–Kier alpha value is -2.02. The van der Waals surface area contributed by atoms with Crippen LogP contribution in [0.3, 0.4) is 0 Å². The molecule has 0 unspecified atom stereocenters. The van der Waals surface area contributed by atoms with Gasteiger partial charge in [-0.3, -0.25) is 4.79 Å². The van der Waals surface area contributed by atoms with Crippen LogP contribution < -0.4 is 5.32 Å². The van der Waals surface area contributed by atoms with Crippen molar-refractivity contribution in [3.63, 3.8) is 0 Å². The highest BCUT2D eigenvalue weighted by Gasteiger charge is 2.13. The predicted octanol–water partition coefficient (Wildman–Crippen LogP) is 5.39. The third-order valence-electron chi connectivity index (χ3n) is 3.71. The molecule has 0 bridgehead atoms. The molecule has 0 fully saturated rings. The van der Waals surface area contributed by atoms with Crippen molar-refractivity contribution in [2.24, 2.45) is 0 Å². The van der Waals surface area contributed by atoms with Crippen molar-refractivity contribution in [1.29, 1.82) is 0 Å². The van der Waals surface area contributed by atoms with E-state index in [1.807, 2.05) is 32.0 Å². The number of nitrogens with zero attached hydrogens (tertiary/aromatic N) is 2. The number of rotatable bonds is 5. The summed E-state index contributed by atoms with van der Waals surface area (Å²) in [5.41, 5.74) is 3.65. The normalized spacial score (nSPS) is 10.8. The van der Waals surface area contributed by atoms with Gasteiger partial charge >= 0.3 is 0 Å². The lowest BCUT2D eigenvalue weighted by Gasteiger charge is -2.07. The number of hydrogen-bond donors (Lipinski definition) is 1. The van der Waals surface area contributed by atoms with Crippen LogP contribution in [0.4, 0.5) is 5.69 Å². The summed E-state index contributed by atoms with van der Waals surface area (Å²) in [6.07, 6.45) is 0. The first-order valence-corrected chi connectivity index (χ1v) is 9.46. The molecule has 26 heavy (non-hydrogen) atoms. The third-order valence-corrected chi connectivity index (χ3v) is 5.35. The Bertz CT molecular complexity index is 959. The number of nitrogens with one attached hydrogen (secondary N) is 1. The second-order valence-corrected chi connectivity index (χ2v) is 7.32. The van der Waals surface area contributed by atoms with E-state index in [0.717, 1.165) is 22.9 Å². The lowest BCUT2D eigenvalue weighted by atomic mass is 10.1. The maximum atomic E-state index is 12.1. The summed E-state index contributed by atoms with van der Waals surface area (Å²) >= 11 is 13.1. The minimum absolute atomic E-state index is 0.109. The third kappa shape index (κ3) is 4.38. The summed E-state index contributed by atoms with van der Waals surface area (Å²) in [6.45, 7) is 4.06. The molecule has 0 saturated heterocycles. The Kier molecular flexibility index (Phi) is 5.86. The van der Waals surface area contributed by atoms with Gasteiger partial charge in [0.05, 0.1) is 21.5 Å². The van der Waals surface area contributed by atoms with Crippen molar-refractivity contribution in [1.82, 2.24) is 10.2 Å². The van der Waals surface area contributed by atoms with E-state index in [4.69, 9.17) is 27.6 Å². The quantitative estimate of drug-likeness (QED) is 0.574. The molecule has 2 aromatic carbocycles. The van der Waals surface area contributed by atoms with E-state index in [9.17, 15) is 4.79 Å². The summed E-state index contributed by atoms with van der Waals surface area (Å²) in [5, 5.41) is 11.7. The van der Waals surface area contributed by atoms with Crippen LogP contribution in [0.2, 0.25) is 10.0 Å². The molecule has 5 nitrogen and oxygen atoms in total. The fourth-order valence-corrected chi connectivity index (χ4v) is 3.08. The van der Waals surface area contributed by atoms with Gasteiger partial charge in [0, 0.05) is 5.56 Å². The van der Waals surface area contributed by atoms with Gasteiger partial charge in [-0.05, 0) is 49.2 Å². The second kappa shape index (κ2) is 8.12. The summed E-state index contributed by atoms with van der Waals surface area (Å²) in [6, 6.07) is 11.0. The topological polar surface area (TPSA) is 68.0 Å². The van der Waals surface area contributed by atoms with Crippen LogP contribution in [0.15, 0.2) is 46.0 Å². The number of amides is 1. The summed E-state index contributed by atoms with van der Waals surface area (Å²) in [4.78, 5) is 12.1. The number of thioether (sulfide) groups is 1. The number of anilines is 1. The molecule has 1 heterocycles. The molecule has 0 spiro atoms. The van der Waals surface area contributed by atoms with E-state index >= 15 is 0 Å². The maximum Gasteiger partial charge on any atom is 0.277 e. The second-order valence-electron chi connectivity index (χ2n) is 5.61. The minimum atomic E-state index is -0.245. The lowest BCUT2D eigenvalue weighted by Crippen LogP contribution is -2.14. The molecular formula is C18H15Cl2N3O2S. The van der Waals surface area contributed by atoms with Crippen LogP contribution in [-0.4, -0.2) is 21.9 Å². The highest BCUT2D eigenvalue weighted by molar-refractivity contribution is 7.99. The average Bonchev–Trinajstić information content (AvgIpc) is 3.09. The van der Waals surface area contributed by atoms with Crippen molar-refractivity contribution >= 4 is 46.6 Å². The number of carbonyl (C=O) groups is 1. The summed E-state index contributed by atoms with van der Waals surface area (Å²) < 4.78 is 5.62. The van der Waals surface area contributed by atoms with Crippen LogP contribution in [0.25, 0.3) is 11.5 Å². The molecule has 0 atom stereocenters. The van der Waals surface area contributed by atoms with E-state index in [1.165, 1.54) is 5.56 Å². The Morgan fingerprint density at radius 3 is 2.73 bits per heavy atom. The van der Waals surface area contributed by atoms with Gasteiger partial charge in [-0.1, -0.05) is 47.1 Å². The molecule has 0 radical (unpaired) electrons. The number of benzene rings is 2. The molecule has 0 saturated carbocycles. The monoisotopic (exact) mass is 407 g/mol. The zero-order valence-electron chi connectivity index (χ0n) is 14.0. The fourth-order valence-electron chi connectivity index (χ4n) is 2.17. The van der Waals surface area contributed by atoms with E-state index in [0.29, 0.717) is 26.8 Å². The number of aromatic nitrogens is 2. The Morgan fingerprint density at radius 1 is 1.15 bits per heavy atom. The van der Waals surface area contributed by atoms with Crippen molar-refractivity contribution in [3.05, 3.63) is 57.6 Å². The van der Waals surface area contributed by atoms with E-state index in [1.54, 1.807) is 18.2 Å². The van der Waals surface area contributed by atoms with Crippen molar-refractivity contribution < 1.29 is 9.21 Å². The van der Waals surface area contributed by atoms with Crippen molar-refractivity contribution in [2.45, 2.75) is 19.1 Å². The molecule has 3 rings (SSSR count). The molecule has 1 aromatic heterocycles. The zero-order chi connectivity index (χ0) is 18.7. The highest BCUT2D eigenvalue weighted by Crippen LogP contribution is 2.30. The average molecular weight is 408 g/mol. The largest absolute Gasteiger partial charge is 0.411 e. The van der Waals surface area contributed by atoms with E-state index < -0.39 is 0 Å². The maximum absolute atomic E-state index is 12.1. The van der Waals surface area contributed by atoms with Gasteiger partial charge in [-0.15, -0.1) is 10.2 Å². The van der Waals surface area contributed by atoms with E-state index in [-0.39, 0.29) is 11.7 Å². The first-order chi connectivity index (χ1) is 12.4. The Morgan fingerprint density at radius 2 is 1.96 bits per heavy atom. The van der Waals surface area contributed by atoms with Gasteiger partial charge in [0.15, 0.2) is 0 Å². The standard InChI is InChI=1S/C18H15Cl2N3O2S/c1-10-6-7-12(8-11(10)2)17-22-23-18(25-17)26-9-15(24)21-14-5-3-4-13(19)16(14)20/h3-8H,9H2,1-2H3,(H,21,24). The summed E-state index contributed by atoms with van der Waals surface area (Å²) in [7, 11) is 0. The molecular weight excluding hydrogens is 393 g/mol. The molecule has 3 aromatic rings. The van der Waals surface area contributed by atoms with Gasteiger partial charge in [-0.2, -0.15) is 0 Å². The molecule has 134 valence electrons. The number of halogens is 2. The Labute approximate surface area is 165 Å². The van der Waals surface area contributed by atoms with Crippen LogP contribution in [-0.2, 0) is 4.79 Å². The molecule has 0 aliphatic rings. The number of aryl methyl sites for hydroxylation is 2. The Balaban J connectivity index is 1.61. The van der Waals surface area contributed by atoms with Gasteiger partial charge in [0.2, 0.25) is 11.8 Å². The number of carbonyl (C=O) groups excluding carboxylic acids is 1. The molecule has 0 aliphatic heterocycles. The van der Waals surface area contributed by atoms with Gasteiger partial charge in [0.1, 0.15) is 0 Å². The predicted molar refractivity (Wildman–Crippen MR) is 105 cm³/mol. The first-order valence-electron chi connectivity index (χ1n) is 7.72. The molecule has 1 amide bonds. The molecule has 8 heteroatoms. The molecule has 0 aliphatic carbocycles. The van der Waals surface area contributed by atoms with Crippen LogP contribution in [0.1, 0.15) is 11.1 Å². The van der Waals surface area contributed by atoms with E-state index in [2.05, 4.69) is 15.5 Å². The minimum Gasteiger partial charge on any atom is -0.411 e. The molecule has 1 N–H and O–H groups in total. The van der Waals surface area contributed by atoms with Crippen molar-refractivity contribution in [3.8, 4) is 11.5 Å². The van der Waals surface area contributed by atoms with Gasteiger partial charge in [-0.25, -0.2) is 0 Å². The fraction of sp³-hybridized carbons (Fsp3) is 0.167. The van der Waals surface area contributed by atoms with Crippen LogP contribution in [0, 0.1) is 13.8 Å². The lowest BCUT2D eigenvalue weighted by molar-refractivity contribution is -0.113. The highest BCUT2D eigenvalue weighted by atomic mass is 35.5. The number of hydrogen-bond acceptors (Lipinski definition) is 5. The van der Waals surface area contributed by atoms with Crippen molar-refractivity contribution in [2.75, 3.05) is 11.1 Å². The van der Waals surface area contributed by atoms with Gasteiger partial charge in [0.25, 0.3) is 5.22 Å². The zero-order valence-corrected chi connectivity index (χ0v) is 16.4. The SMILES string of the molecule is Cc1ccc(-c2nnc(SCC(=O)Nc3cccc(Cl)c3Cl)o2)cc1C. The summed E-state index contributed by atoms with van der Waals surface area (Å²) in [5.74, 6) is 0.288.